The molecule has 2 unspecified atom stereocenters. The highest BCUT2D eigenvalue weighted by Gasteiger charge is 2.25. The summed E-state index contributed by atoms with van der Waals surface area (Å²) in [4.78, 5) is 36.3. The summed E-state index contributed by atoms with van der Waals surface area (Å²) in [5.74, 6) is 2.63. The van der Waals surface area contributed by atoms with Gasteiger partial charge in [-0.25, -0.2) is 0 Å². The van der Waals surface area contributed by atoms with Crippen LogP contribution in [0.5, 0.6) is 34.5 Å². The quantitative estimate of drug-likeness (QED) is 0.0576. The van der Waals surface area contributed by atoms with Gasteiger partial charge in [-0.05, 0) is 120 Å². The number of benzene rings is 5. The number of piperidine rings is 2. The summed E-state index contributed by atoms with van der Waals surface area (Å²) in [5.41, 5.74) is 6.75. The molecule has 5 aromatic carbocycles. The molecule has 14 nitrogen and oxygen atoms in total. The van der Waals surface area contributed by atoms with Crippen molar-refractivity contribution < 1.29 is 43.1 Å². The maximum absolute atomic E-state index is 13.9. The van der Waals surface area contributed by atoms with Crippen LogP contribution in [-0.4, -0.2) is 157 Å². The van der Waals surface area contributed by atoms with Gasteiger partial charge in [-0.3, -0.25) is 9.59 Å². The van der Waals surface area contributed by atoms with E-state index in [1.54, 1.807) is 66.9 Å². The number of nitrogens with zero attached hydrogens (tertiary/aromatic N) is 4. The van der Waals surface area contributed by atoms with Gasteiger partial charge in [0.1, 0.15) is 0 Å². The van der Waals surface area contributed by atoms with Gasteiger partial charge in [0.2, 0.25) is 11.5 Å². The molecule has 77 heavy (non-hydrogen) atoms. The third-order valence-electron chi connectivity index (χ3n) is 13.9. The lowest BCUT2D eigenvalue weighted by molar-refractivity contribution is 0.0646. The number of β-amino-alcohol motifs (C(OH)–C–C–N with tert-alkyl or cyclic N) is 1. The van der Waals surface area contributed by atoms with Crippen LogP contribution >= 0.6 is 0 Å². The van der Waals surface area contributed by atoms with Crippen molar-refractivity contribution in [2.45, 2.75) is 71.1 Å². The lowest BCUT2D eigenvalue weighted by Crippen LogP contribution is -2.46. The number of carbonyl (C=O) groups is 2. The summed E-state index contributed by atoms with van der Waals surface area (Å²) >= 11 is 0. The van der Waals surface area contributed by atoms with Gasteiger partial charge in [-0.15, -0.1) is 0 Å². The van der Waals surface area contributed by atoms with Crippen LogP contribution in [0.1, 0.15) is 89.8 Å². The number of aliphatic hydroxyl groups is 1. The Kier molecular flexibility index (Phi) is 24.2. The van der Waals surface area contributed by atoms with Crippen molar-refractivity contribution in [1.29, 1.82) is 0 Å². The highest BCUT2D eigenvalue weighted by molar-refractivity contribution is 5.96. The van der Waals surface area contributed by atoms with Crippen LogP contribution < -0.4 is 33.7 Å². The van der Waals surface area contributed by atoms with E-state index in [0.29, 0.717) is 84.4 Å². The molecule has 2 saturated heterocycles. The molecule has 2 aliphatic rings. The topological polar surface area (TPSA) is 135 Å². The Morgan fingerprint density at radius 2 is 0.974 bits per heavy atom. The maximum Gasteiger partial charge on any atom is 0.254 e. The lowest BCUT2D eigenvalue weighted by atomic mass is 10.0. The number of hydrogen-bond acceptors (Lipinski definition) is 12. The van der Waals surface area contributed by atoms with Crippen molar-refractivity contribution in [3.63, 3.8) is 0 Å². The molecule has 0 bridgehead atoms. The van der Waals surface area contributed by atoms with Crippen LogP contribution in [-0.2, 0) is 6.54 Å². The molecule has 2 N–H and O–H groups in total. The first-order chi connectivity index (χ1) is 37.4. The summed E-state index contributed by atoms with van der Waals surface area (Å²) in [7, 11) is 9.33. The van der Waals surface area contributed by atoms with Crippen LogP contribution in [0.25, 0.3) is 12.2 Å². The number of aliphatic hydroxyl groups excluding tert-OH is 1. The maximum atomic E-state index is 13.9. The second-order valence-corrected chi connectivity index (χ2v) is 19.9. The molecule has 2 fully saturated rings. The van der Waals surface area contributed by atoms with Crippen molar-refractivity contribution in [3.05, 3.63) is 154 Å². The number of amides is 2. The monoisotopic (exact) mass is 1050 g/mol. The van der Waals surface area contributed by atoms with E-state index in [1.807, 2.05) is 53.1 Å². The Labute approximate surface area is 458 Å². The molecule has 414 valence electrons. The van der Waals surface area contributed by atoms with Crippen molar-refractivity contribution in [1.82, 2.24) is 24.9 Å². The molecule has 0 spiro atoms. The van der Waals surface area contributed by atoms with Crippen molar-refractivity contribution in [2.24, 2.45) is 0 Å². The van der Waals surface area contributed by atoms with Gasteiger partial charge in [0.15, 0.2) is 23.0 Å². The Morgan fingerprint density at radius 3 is 1.38 bits per heavy atom. The van der Waals surface area contributed by atoms with Crippen molar-refractivity contribution in [3.8, 4) is 34.5 Å². The molecule has 14 heteroatoms. The van der Waals surface area contributed by atoms with E-state index in [-0.39, 0.29) is 17.9 Å². The standard InChI is InChI=1S/C35H45N3O4.C28H38N2O5/c1-27(21-28-13-7-5-8-14-28)25-38(35(39)30-22-32(40-2)34(42-4)33(23-30)41-3)20-12-19-37-18-11-17-31(26-37)36-24-29-15-9-6-10-16-29;1-21(16-22-10-6-5-7-11-22)19-30(15-9-14-29-13-8-12-24(31)20-29)28(32)23-17-25(33-2)27(35-4)26(18-23)34-3/h5-10,13-16,21-23,31,36H,11-12,17-20,24-26H2,1-4H3;5-7,10-11,16-18,24,31H,8-9,12-15,19-20H2,1-4H3/b27-21+;21-16+. The zero-order valence-electron chi connectivity index (χ0n) is 46.8. The highest BCUT2D eigenvalue weighted by Crippen LogP contribution is 2.40. The number of methoxy groups -OCH3 is 6. The average Bonchev–Trinajstić information content (AvgIpc) is 3.47. The fraction of sp³-hybridized carbons (Fsp3) is 0.429. The lowest BCUT2D eigenvalue weighted by Gasteiger charge is -2.34. The van der Waals surface area contributed by atoms with Crippen LogP contribution in [0.4, 0.5) is 0 Å². The SMILES string of the molecule is COc1cc(C(=O)N(CCCN2CCCC(NCc3ccccc3)C2)C/C(C)=C/c2ccccc2)cc(OC)c1OC.COc1cc(C(=O)N(CCCN2CCCC(O)C2)C/C(C)=C/c2ccccc2)cc(OC)c1OC. The summed E-state index contributed by atoms with van der Waals surface area (Å²) < 4.78 is 32.9. The number of hydrogen-bond donors (Lipinski definition) is 2. The Hall–Kier alpha value is -6.84. The van der Waals surface area contributed by atoms with Gasteiger partial charge < -0.3 is 58.4 Å². The fourth-order valence-corrected chi connectivity index (χ4v) is 10.1. The molecule has 0 aliphatic carbocycles. The average molecular weight is 1050 g/mol. The van der Waals surface area contributed by atoms with Gasteiger partial charge in [0.05, 0.1) is 48.8 Å². The molecule has 5 aromatic rings. The smallest absolute Gasteiger partial charge is 0.254 e. The molecule has 2 amide bonds. The van der Waals surface area contributed by atoms with E-state index in [0.717, 1.165) is 87.2 Å². The van der Waals surface area contributed by atoms with Gasteiger partial charge >= 0.3 is 0 Å². The fourth-order valence-electron chi connectivity index (χ4n) is 10.1. The number of carbonyl (C=O) groups excluding carboxylic acids is 2. The zero-order valence-corrected chi connectivity index (χ0v) is 46.8. The van der Waals surface area contributed by atoms with Crippen LogP contribution in [0.15, 0.2) is 126 Å². The minimum absolute atomic E-state index is 0.0592. The van der Waals surface area contributed by atoms with Gasteiger partial charge in [0, 0.05) is 63.0 Å². The minimum atomic E-state index is -0.253. The van der Waals surface area contributed by atoms with Crippen LogP contribution in [0.3, 0.4) is 0 Å². The molecule has 0 aromatic heterocycles. The second-order valence-electron chi connectivity index (χ2n) is 19.9. The number of nitrogens with one attached hydrogen (secondary N) is 1. The molecular weight excluding hydrogens is 971 g/mol. The molecule has 2 heterocycles. The normalized spacial score (nSPS) is 16.1. The van der Waals surface area contributed by atoms with Gasteiger partial charge in [0.25, 0.3) is 11.8 Å². The van der Waals surface area contributed by atoms with E-state index in [1.165, 1.54) is 18.4 Å². The van der Waals surface area contributed by atoms with E-state index in [9.17, 15) is 14.7 Å². The largest absolute Gasteiger partial charge is 0.493 e. The molecular formula is C63H83N5O9. The predicted molar refractivity (Wildman–Crippen MR) is 308 cm³/mol. The minimum Gasteiger partial charge on any atom is -0.493 e. The van der Waals surface area contributed by atoms with E-state index in [2.05, 4.69) is 88.8 Å². The summed E-state index contributed by atoms with van der Waals surface area (Å²) in [6, 6.07) is 38.2. The van der Waals surface area contributed by atoms with Crippen LogP contribution in [0.2, 0.25) is 0 Å². The molecule has 2 aliphatic heterocycles. The van der Waals surface area contributed by atoms with E-state index < -0.39 is 0 Å². The van der Waals surface area contributed by atoms with Gasteiger partial charge in [-0.1, -0.05) is 114 Å². The van der Waals surface area contributed by atoms with E-state index >= 15 is 0 Å². The number of likely N-dealkylation sites (tertiary alicyclic amines) is 2. The molecule has 7 rings (SSSR count). The molecule has 0 radical (unpaired) electrons. The second kappa shape index (κ2) is 31.4. The Morgan fingerprint density at radius 1 is 0.571 bits per heavy atom. The molecule has 2 atom stereocenters. The Balaban J connectivity index is 0.000000254. The third kappa shape index (κ3) is 18.4. The first-order valence-electron chi connectivity index (χ1n) is 27.0. The number of rotatable bonds is 25. The first-order valence-corrected chi connectivity index (χ1v) is 27.0. The Bertz CT molecular complexity index is 2600. The third-order valence-corrected chi connectivity index (χ3v) is 13.9. The number of ether oxygens (including phenoxy) is 6. The first kappa shape index (κ1) is 59.4. The predicted octanol–water partition coefficient (Wildman–Crippen LogP) is 10.0. The summed E-state index contributed by atoms with van der Waals surface area (Å²) in [6.45, 7) is 12.9. The summed E-state index contributed by atoms with van der Waals surface area (Å²) in [5, 5.41) is 13.7. The zero-order chi connectivity index (χ0) is 54.9. The summed E-state index contributed by atoms with van der Waals surface area (Å²) in [6.07, 6.45) is 9.95. The van der Waals surface area contributed by atoms with Crippen molar-refractivity contribution >= 4 is 24.0 Å². The van der Waals surface area contributed by atoms with Gasteiger partial charge in [-0.2, -0.15) is 0 Å². The highest BCUT2D eigenvalue weighted by atomic mass is 16.5. The van der Waals surface area contributed by atoms with Crippen LogP contribution in [0, 0.1) is 0 Å². The molecule has 0 saturated carbocycles. The van der Waals surface area contributed by atoms with E-state index in [4.69, 9.17) is 28.4 Å². The van der Waals surface area contributed by atoms with Crippen molar-refractivity contribution in [2.75, 3.05) is 108 Å².